The lowest BCUT2D eigenvalue weighted by atomic mass is 9.78. The number of fused-ring (bicyclic) bond motifs is 1. The summed E-state index contributed by atoms with van der Waals surface area (Å²) < 4.78 is 1.95. The zero-order valence-electron chi connectivity index (χ0n) is 20.1. The molecular weight excluding hydrogens is 428 g/mol. The van der Waals surface area contributed by atoms with Gasteiger partial charge in [-0.05, 0) is 64.4 Å². The first kappa shape index (κ1) is 21.9. The summed E-state index contributed by atoms with van der Waals surface area (Å²) in [6.45, 7) is 2.89. The highest BCUT2D eigenvalue weighted by Crippen LogP contribution is 2.42. The van der Waals surface area contributed by atoms with Crippen LogP contribution >= 0.6 is 0 Å². The molecule has 182 valence electrons. The molecule has 0 aromatic carbocycles. The van der Waals surface area contributed by atoms with Crippen molar-refractivity contribution < 1.29 is 9.63 Å². The van der Waals surface area contributed by atoms with Crippen molar-refractivity contribution in [2.75, 3.05) is 5.32 Å². The number of hydroxylamine groups is 1. The van der Waals surface area contributed by atoms with Gasteiger partial charge in [0, 0.05) is 36.3 Å². The third kappa shape index (κ3) is 4.17. The topological polar surface area (TPSA) is 93.1 Å². The normalized spacial score (nSPS) is 27.6. The Morgan fingerprint density at radius 1 is 1.12 bits per heavy atom. The molecule has 4 aliphatic rings. The van der Waals surface area contributed by atoms with Crippen LogP contribution in [-0.4, -0.2) is 38.4 Å². The Balaban J connectivity index is 1.26. The zero-order valence-corrected chi connectivity index (χ0v) is 20.1. The van der Waals surface area contributed by atoms with Crippen molar-refractivity contribution in [3.8, 4) is 0 Å². The van der Waals surface area contributed by atoms with Crippen LogP contribution in [0.3, 0.4) is 0 Å². The highest BCUT2D eigenvalue weighted by atomic mass is 16.7. The van der Waals surface area contributed by atoms with Gasteiger partial charge in [-0.15, -0.1) is 0 Å². The molecule has 1 aliphatic heterocycles. The minimum atomic E-state index is -0.351. The third-order valence-electron chi connectivity index (χ3n) is 8.11. The number of nitrogens with one attached hydrogen (secondary N) is 3. The Kier molecular flexibility index (Phi) is 5.71. The number of pyridine rings is 1. The smallest absolute Gasteiger partial charge is 0.223 e. The Morgan fingerprint density at radius 3 is 2.65 bits per heavy atom. The fraction of sp³-hybridized carbons (Fsp3) is 0.654. The maximum Gasteiger partial charge on any atom is 0.223 e. The van der Waals surface area contributed by atoms with Gasteiger partial charge >= 0.3 is 0 Å². The fourth-order valence-corrected chi connectivity index (χ4v) is 5.84. The number of hydrogen-bond acceptors (Lipinski definition) is 6. The van der Waals surface area contributed by atoms with Crippen LogP contribution in [0.1, 0.15) is 83.1 Å². The summed E-state index contributed by atoms with van der Waals surface area (Å²) in [4.78, 5) is 23.5. The first-order valence-corrected chi connectivity index (χ1v) is 13.2. The molecule has 0 radical (unpaired) electrons. The first-order chi connectivity index (χ1) is 16.6. The summed E-state index contributed by atoms with van der Waals surface area (Å²) in [6.07, 6.45) is 18.1. The van der Waals surface area contributed by atoms with Gasteiger partial charge in [-0.25, -0.2) is 9.67 Å². The van der Waals surface area contributed by atoms with Crippen molar-refractivity contribution >= 4 is 28.3 Å². The Labute approximate surface area is 200 Å². The second kappa shape index (κ2) is 8.87. The maximum absolute atomic E-state index is 12.5. The van der Waals surface area contributed by atoms with Gasteiger partial charge in [0.05, 0.1) is 23.0 Å². The van der Waals surface area contributed by atoms with Gasteiger partial charge in [0.25, 0.3) is 0 Å². The van der Waals surface area contributed by atoms with E-state index in [2.05, 4.69) is 34.2 Å². The molecule has 3 aliphatic carbocycles. The summed E-state index contributed by atoms with van der Waals surface area (Å²) in [5.41, 5.74) is 6.92. The van der Waals surface area contributed by atoms with E-state index in [0.717, 1.165) is 73.1 Å². The average Bonchev–Trinajstić information content (AvgIpc) is 3.43. The largest absolute Gasteiger partial charge is 0.381 e. The van der Waals surface area contributed by atoms with Crippen LogP contribution < -0.4 is 16.1 Å². The molecule has 1 spiro atoms. The predicted molar refractivity (Wildman–Crippen MR) is 132 cm³/mol. The molecule has 3 saturated carbocycles. The van der Waals surface area contributed by atoms with E-state index in [0.29, 0.717) is 12.1 Å². The Bertz CT molecular complexity index is 1090. The fourth-order valence-electron chi connectivity index (χ4n) is 5.84. The number of nitrogens with zero attached hydrogens (tertiary/aromatic N) is 3. The van der Waals surface area contributed by atoms with Gasteiger partial charge in [0.1, 0.15) is 5.60 Å². The second-order valence-corrected chi connectivity index (χ2v) is 10.6. The van der Waals surface area contributed by atoms with Crippen LogP contribution in [-0.2, 0) is 16.2 Å². The number of carbonyl (C=O) groups excluding carboxylic acids is 1. The van der Waals surface area contributed by atoms with Gasteiger partial charge in [0.15, 0.2) is 5.65 Å². The zero-order chi connectivity index (χ0) is 23.1. The molecule has 8 nitrogen and oxygen atoms in total. The summed E-state index contributed by atoms with van der Waals surface area (Å²) in [6, 6.07) is 0.897. The third-order valence-corrected chi connectivity index (χ3v) is 8.11. The second-order valence-electron chi connectivity index (χ2n) is 10.6. The van der Waals surface area contributed by atoms with Crippen LogP contribution in [0.4, 0.5) is 5.69 Å². The van der Waals surface area contributed by atoms with Crippen LogP contribution in [0.5, 0.6) is 0 Å². The van der Waals surface area contributed by atoms with Crippen molar-refractivity contribution in [1.82, 2.24) is 25.6 Å². The number of hydrogen-bond donors (Lipinski definition) is 3. The van der Waals surface area contributed by atoms with E-state index in [1.165, 1.54) is 32.1 Å². The van der Waals surface area contributed by atoms with Gasteiger partial charge in [-0.3, -0.25) is 15.1 Å². The highest BCUT2D eigenvalue weighted by Gasteiger charge is 2.42. The molecule has 0 bridgehead atoms. The van der Waals surface area contributed by atoms with Crippen LogP contribution in [0.25, 0.3) is 16.7 Å². The van der Waals surface area contributed by atoms with E-state index < -0.39 is 0 Å². The average molecular weight is 465 g/mol. The number of amides is 1. The molecule has 3 heterocycles. The molecule has 0 atom stereocenters. The molecule has 6 rings (SSSR count). The minimum Gasteiger partial charge on any atom is -0.381 e. The molecule has 3 N–H and O–H groups in total. The van der Waals surface area contributed by atoms with Crippen molar-refractivity contribution in [3.63, 3.8) is 0 Å². The van der Waals surface area contributed by atoms with Crippen molar-refractivity contribution in [1.29, 1.82) is 0 Å². The maximum atomic E-state index is 12.5. The van der Waals surface area contributed by atoms with Crippen LogP contribution in [0.2, 0.25) is 0 Å². The van der Waals surface area contributed by atoms with E-state index in [-0.39, 0.29) is 17.4 Å². The summed E-state index contributed by atoms with van der Waals surface area (Å²) in [7, 11) is 0. The summed E-state index contributed by atoms with van der Waals surface area (Å²) in [5.74, 6) is 0.336. The first-order valence-electron chi connectivity index (χ1n) is 13.2. The van der Waals surface area contributed by atoms with Gasteiger partial charge < -0.3 is 10.6 Å². The molecule has 34 heavy (non-hydrogen) atoms. The van der Waals surface area contributed by atoms with Gasteiger partial charge in [0.2, 0.25) is 5.91 Å². The van der Waals surface area contributed by atoms with Gasteiger partial charge in [-0.2, -0.15) is 5.10 Å². The van der Waals surface area contributed by atoms with Crippen LogP contribution in [0, 0.1) is 5.92 Å². The van der Waals surface area contributed by atoms with E-state index in [4.69, 9.17) is 9.82 Å². The van der Waals surface area contributed by atoms with E-state index in [1.54, 1.807) is 0 Å². The lowest BCUT2D eigenvalue weighted by Gasteiger charge is -2.33. The van der Waals surface area contributed by atoms with E-state index in [9.17, 15) is 4.79 Å². The van der Waals surface area contributed by atoms with E-state index in [1.807, 2.05) is 17.1 Å². The Hall–Kier alpha value is -2.61. The van der Waals surface area contributed by atoms with Crippen molar-refractivity contribution in [2.24, 2.45) is 5.92 Å². The number of aryl methyl sites for hydroxylation is 1. The SMILES string of the molecule is CCn1ncc2c(NC3CCCCC3)c(C3=CC4(CCC(C(=O)NC5CC5)CC4)ON3)cnc21. The number of carbonyl (C=O) groups is 1. The molecule has 2 aromatic heterocycles. The molecule has 8 heteroatoms. The van der Waals surface area contributed by atoms with Crippen molar-refractivity contribution in [3.05, 3.63) is 24.0 Å². The van der Waals surface area contributed by atoms with E-state index >= 15 is 0 Å². The summed E-state index contributed by atoms with van der Waals surface area (Å²) >= 11 is 0. The summed E-state index contributed by atoms with van der Waals surface area (Å²) in [5, 5.41) is 12.7. The monoisotopic (exact) mass is 464 g/mol. The van der Waals surface area contributed by atoms with Gasteiger partial charge in [-0.1, -0.05) is 19.3 Å². The lowest BCUT2D eigenvalue weighted by molar-refractivity contribution is -0.129. The number of anilines is 1. The number of aromatic nitrogens is 3. The predicted octanol–water partition coefficient (Wildman–Crippen LogP) is 4.28. The highest BCUT2D eigenvalue weighted by molar-refractivity contribution is 5.95. The van der Waals surface area contributed by atoms with Crippen LogP contribution in [0.15, 0.2) is 18.5 Å². The number of rotatable bonds is 6. The molecule has 2 aromatic rings. The standard InChI is InChI=1S/C26H36N6O2/c1-2-32-24-21(16-28-32)23(29-18-6-4-3-5-7-18)20(15-27-24)22-14-26(34-31-22)12-10-17(11-13-26)25(33)30-19-8-9-19/h14-19,31H,2-13H2,1H3,(H,27,29)(H,30,33). The molecule has 0 saturated heterocycles. The molecular formula is C26H36N6O2. The van der Waals surface area contributed by atoms with Crippen molar-refractivity contribution in [2.45, 2.75) is 102 Å². The lowest BCUT2D eigenvalue weighted by Crippen LogP contribution is -2.40. The molecule has 1 amide bonds. The molecule has 3 fully saturated rings. The molecule has 0 unspecified atom stereocenters. The minimum absolute atomic E-state index is 0.105. The Morgan fingerprint density at radius 2 is 1.91 bits per heavy atom. The quantitative estimate of drug-likeness (QED) is 0.591.